The lowest BCUT2D eigenvalue weighted by Gasteiger charge is -2.13. The normalized spacial score (nSPS) is 10.5. The molecule has 7 heteroatoms. The van der Waals surface area contributed by atoms with Crippen molar-refractivity contribution < 1.29 is 14.3 Å². The molecule has 0 aliphatic carbocycles. The van der Waals surface area contributed by atoms with E-state index in [1.165, 1.54) is 7.11 Å². The fourth-order valence-corrected chi connectivity index (χ4v) is 2.78. The van der Waals surface area contributed by atoms with Crippen LogP contribution < -0.4 is 10.6 Å². The number of hydrogen-bond acceptors (Lipinski definition) is 6. The Balaban J connectivity index is 1.67. The molecule has 1 heterocycles. The Hall–Kier alpha value is -3.74. The molecule has 1 aromatic heterocycles. The van der Waals surface area contributed by atoms with Gasteiger partial charge in [0.1, 0.15) is 0 Å². The number of nitrogens with one attached hydrogen (secondary N) is 2. The van der Waals surface area contributed by atoms with Crippen LogP contribution in [0.15, 0.2) is 60.7 Å². The largest absolute Gasteiger partial charge is 0.465 e. The summed E-state index contributed by atoms with van der Waals surface area (Å²) in [5.74, 6) is 0.0509. The standard InChI is InChI=1S/C22H22N4O3/c1-14(2)17-6-4-5-7-18(17)24-21(27)19-12-13-20(26-25-19)23-16-10-8-15(9-11-16)22(28)29-3/h4-14H,1-3H3,(H,23,26)(H,24,27). The zero-order valence-electron chi connectivity index (χ0n) is 16.5. The summed E-state index contributed by atoms with van der Waals surface area (Å²) >= 11 is 0. The molecule has 0 aliphatic heterocycles. The van der Waals surface area contributed by atoms with Crippen LogP contribution in [0.4, 0.5) is 17.2 Å². The van der Waals surface area contributed by atoms with E-state index in [0.29, 0.717) is 11.4 Å². The van der Waals surface area contributed by atoms with Crippen molar-refractivity contribution in [1.29, 1.82) is 0 Å². The first kappa shape index (κ1) is 20.0. The Bertz CT molecular complexity index is 999. The number of ether oxygens (including phenoxy) is 1. The predicted octanol–water partition coefficient (Wildman–Crippen LogP) is 4.38. The predicted molar refractivity (Wildman–Crippen MR) is 112 cm³/mol. The zero-order valence-corrected chi connectivity index (χ0v) is 16.5. The van der Waals surface area contributed by atoms with Crippen molar-refractivity contribution >= 4 is 29.1 Å². The van der Waals surface area contributed by atoms with Crippen LogP contribution in [0.5, 0.6) is 0 Å². The average Bonchev–Trinajstić information content (AvgIpc) is 2.74. The molecule has 0 aliphatic rings. The maximum absolute atomic E-state index is 12.5. The maximum Gasteiger partial charge on any atom is 0.337 e. The summed E-state index contributed by atoms with van der Waals surface area (Å²) in [7, 11) is 1.34. The highest BCUT2D eigenvalue weighted by Crippen LogP contribution is 2.24. The summed E-state index contributed by atoms with van der Waals surface area (Å²) in [4.78, 5) is 24.0. The molecular weight excluding hydrogens is 368 g/mol. The van der Waals surface area contributed by atoms with Crippen LogP contribution in [-0.4, -0.2) is 29.2 Å². The molecule has 0 bridgehead atoms. The number of carbonyl (C=O) groups excluding carboxylic acids is 2. The van der Waals surface area contributed by atoms with Gasteiger partial charge in [0.15, 0.2) is 11.5 Å². The number of esters is 1. The monoisotopic (exact) mass is 390 g/mol. The Morgan fingerprint density at radius 2 is 1.66 bits per heavy atom. The number of benzene rings is 2. The fourth-order valence-electron chi connectivity index (χ4n) is 2.78. The highest BCUT2D eigenvalue weighted by atomic mass is 16.5. The maximum atomic E-state index is 12.5. The number of amides is 1. The van der Waals surface area contributed by atoms with E-state index in [-0.39, 0.29) is 17.5 Å². The van der Waals surface area contributed by atoms with E-state index in [4.69, 9.17) is 0 Å². The van der Waals surface area contributed by atoms with Crippen molar-refractivity contribution in [2.45, 2.75) is 19.8 Å². The summed E-state index contributed by atoms with van der Waals surface area (Å²) in [6.07, 6.45) is 0. The minimum absolute atomic E-state index is 0.218. The van der Waals surface area contributed by atoms with Crippen LogP contribution in [0.1, 0.15) is 46.2 Å². The van der Waals surface area contributed by atoms with E-state index >= 15 is 0 Å². The van der Waals surface area contributed by atoms with Gasteiger partial charge >= 0.3 is 5.97 Å². The van der Waals surface area contributed by atoms with E-state index < -0.39 is 5.97 Å². The third kappa shape index (κ3) is 4.95. The van der Waals surface area contributed by atoms with Gasteiger partial charge in [0.05, 0.1) is 12.7 Å². The molecule has 3 rings (SSSR count). The number of para-hydroxylation sites is 1. The number of nitrogens with zero attached hydrogens (tertiary/aromatic N) is 2. The van der Waals surface area contributed by atoms with Crippen LogP contribution >= 0.6 is 0 Å². The molecule has 148 valence electrons. The van der Waals surface area contributed by atoms with Gasteiger partial charge in [-0.25, -0.2) is 4.79 Å². The van der Waals surface area contributed by atoms with E-state index in [9.17, 15) is 9.59 Å². The van der Waals surface area contributed by atoms with Crippen LogP contribution in [0.2, 0.25) is 0 Å². The summed E-state index contributed by atoms with van der Waals surface area (Å²) in [6, 6.07) is 17.7. The van der Waals surface area contributed by atoms with Crippen LogP contribution in [-0.2, 0) is 4.74 Å². The van der Waals surface area contributed by atoms with Crippen molar-refractivity contribution in [1.82, 2.24) is 10.2 Å². The number of rotatable bonds is 6. The van der Waals surface area contributed by atoms with Gasteiger partial charge in [0.2, 0.25) is 0 Å². The summed E-state index contributed by atoms with van der Waals surface area (Å²) in [5.41, 5.74) is 3.23. The third-order valence-electron chi connectivity index (χ3n) is 4.31. The van der Waals surface area contributed by atoms with Crippen LogP contribution in [0, 0.1) is 0 Å². The highest BCUT2D eigenvalue weighted by molar-refractivity contribution is 6.03. The molecular formula is C22H22N4O3. The Morgan fingerprint density at radius 1 is 0.931 bits per heavy atom. The van der Waals surface area contributed by atoms with Gasteiger partial charge in [-0.3, -0.25) is 4.79 Å². The smallest absolute Gasteiger partial charge is 0.337 e. The van der Waals surface area contributed by atoms with Crippen LogP contribution in [0.3, 0.4) is 0 Å². The van der Waals surface area contributed by atoms with Crippen molar-refractivity contribution in [3.63, 3.8) is 0 Å². The van der Waals surface area contributed by atoms with Crippen molar-refractivity contribution in [2.75, 3.05) is 17.7 Å². The van der Waals surface area contributed by atoms with Gasteiger partial charge < -0.3 is 15.4 Å². The highest BCUT2D eigenvalue weighted by Gasteiger charge is 2.13. The van der Waals surface area contributed by atoms with E-state index in [1.54, 1.807) is 36.4 Å². The summed E-state index contributed by atoms with van der Waals surface area (Å²) in [6.45, 7) is 4.14. The molecule has 1 amide bonds. The van der Waals surface area contributed by atoms with E-state index in [1.807, 2.05) is 24.3 Å². The molecule has 0 radical (unpaired) electrons. The van der Waals surface area contributed by atoms with Crippen molar-refractivity contribution in [2.24, 2.45) is 0 Å². The van der Waals surface area contributed by atoms with Gasteiger partial charge in [-0.15, -0.1) is 10.2 Å². The van der Waals surface area contributed by atoms with Gasteiger partial charge in [0.25, 0.3) is 5.91 Å². The quantitative estimate of drug-likeness (QED) is 0.607. The van der Waals surface area contributed by atoms with Gasteiger partial charge in [0, 0.05) is 11.4 Å². The molecule has 0 saturated carbocycles. The number of carbonyl (C=O) groups is 2. The zero-order chi connectivity index (χ0) is 20.8. The van der Waals surface area contributed by atoms with Crippen LogP contribution in [0.25, 0.3) is 0 Å². The molecule has 0 spiro atoms. The topological polar surface area (TPSA) is 93.2 Å². The Labute approximate surface area is 169 Å². The van der Waals surface area contributed by atoms with Gasteiger partial charge in [-0.2, -0.15) is 0 Å². The first-order valence-electron chi connectivity index (χ1n) is 9.17. The molecule has 7 nitrogen and oxygen atoms in total. The SMILES string of the molecule is COC(=O)c1ccc(Nc2ccc(C(=O)Nc3ccccc3C(C)C)nn2)cc1. The molecule has 3 aromatic rings. The lowest BCUT2D eigenvalue weighted by Crippen LogP contribution is -2.16. The summed E-state index contributed by atoms with van der Waals surface area (Å²) in [5, 5.41) is 14.0. The van der Waals surface area contributed by atoms with Crippen molar-refractivity contribution in [3.05, 3.63) is 77.5 Å². The minimum Gasteiger partial charge on any atom is -0.465 e. The Morgan fingerprint density at radius 3 is 2.28 bits per heavy atom. The lowest BCUT2D eigenvalue weighted by molar-refractivity contribution is 0.0600. The second-order valence-corrected chi connectivity index (χ2v) is 6.69. The van der Waals surface area contributed by atoms with E-state index in [2.05, 4.69) is 39.4 Å². The molecule has 29 heavy (non-hydrogen) atoms. The van der Waals surface area contributed by atoms with E-state index in [0.717, 1.165) is 16.9 Å². The van der Waals surface area contributed by atoms with Gasteiger partial charge in [-0.05, 0) is 53.9 Å². The second kappa shape index (κ2) is 8.97. The fraction of sp³-hybridized carbons (Fsp3) is 0.182. The number of anilines is 3. The minimum atomic E-state index is -0.397. The number of methoxy groups -OCH3 is 1. The second-order valence-electron chi connectivity index (χ2n) is 6.69. The van der Waals surface area contributed by atoms with Gasteiger partial charge in [-0.1, -0.05) is 32.0 Å². The number of hydrogen-bond donors (Lipinski definition) is 2. The number of aromatic nitrogens is 2. The third-order valence-corrected chi connectivity index (χ3v) is 4.31. The molecule has 0 fully saturated rings. The molecule has 0 unspecified atom stereocenters. The first-order valence-corrected chi connectivity index (χ1v) is 9.17. The Kier molecular flexibility index (Phi) is 6.19. The molecule has 0 saturated heterocycles. The average molecular weight is 390 g/mol. The lowest BCUT2D eigenvalue weighted by atomic mass is 10.0. The molecule has 2 N–H and O–H groups in total. The molecule has 0 atom stereocenters. The molecule has 2 aromatic carbocycles. The summed E-state index contributed by atoms with van der Waals surface area (Å²) < 4.78 is 4.67. The first-order chi connectivity index (χ1) is 14.0. The van der Waals surface area contributed by atoms with Crippen molar-refractivity contribution in [3.8, 4) is 0 Å².